The van der Waals surface area contributed by atoms with Gasteiger partial charge in [-0.15, -0.1) is 0 Å². The lowest BCUT2D eigenvalue weighted by molar-refractivity contribution is -0.384. The Morgan fingerprint density at radius 2 is 1.66 bits per heavy atom. The van der Waals surface area contributed by atoms with Crippen LogP contribution in [0.5, 0.6) is 11.5 Å². The van der Waals surface area contributed by atoms with Gasteiger partial charge in [0.25, 0.3) is 17.4 Å². The van der Waals surface area contributed by atoms with Crippen molar-refractivity contribution in [1.29, 1.82) is 0 Å². The number of ketones is 1. The molecule has 3 aromatic carbocycles. The van der Waals surface area contributed by atoms with Gasteiger partial charge >= 0.3 is 0 Å². The molecule has 176 valence electrons. The lowest BCUT2D eigenvalue weighted by Gasteiger charge is -2.25. The van der Waals surface area contributed by atoms with Gasteiger partial charge in [0.15, 0.2) is 11.5 Å². The van der Waals surface area contributed by atoms with Gasteiger partial charge in [0.1, 0.15) is 19.0 Å². The van der Waals surface area contributed by atoms with E-state index in [9.17, 15) is 24.8 Å². The lowest BCUT2D eigenvalue weighted by atomic mass is 9.95. The van der Waals surface area contributed by atoms with Gasteiger partial charge in [0.05, 0.1) is 16.5 Å². The topological polar surface area (TPSA) is 119 Å². The zero-order valence-corrected chi connectivity index (χ0v) is 18.4. The second-order valence-corrected chi connectivity index (χ2v) is 8.12. The van der Waals surface area contributed by atoms with Crippen molar-refractivity contribution in [3.05, 3.63) is 105 Å². The number of ether oxygens (including phenoxy) is 2. The lowest BCUT2D eigenvalue weighted by Crippen LogP contribution is -2.29. The Balaban J connectivity index is 1.63. The molecule has 0 aromatic heterocycles. The summed E-state index contributed by atoms with van der Waals surface area (Å²) in [4.78, 5) is 38.3. The first-order valence-electron chi connectivity index (χ1n) is 10.9. The molecule has 0 spiro atoms. The zero-order valence-electron chi connectivity index (χ0n) is 18.4. The molecule has 1 fully saturated rings. The third-order valence-electron chi connectivity index (χ3n) is 5.97. The third kappa shape index (κ3) is 4.08. The summed E-state index contributed by atoms with van der Waals surface area (Å²) in [6.07, 6.45) is 0. The van der Waals surface area contributed by atoms with Gasteiger partial charge in [-0.3, -0.25) is 19.7 Å². The summed E-state index contributed by atoms with van der Waals surface area (Å²) in [6.45, 7) is 0.871. The van der Waals surface area contributed by atoms with Crippen molar-refractivity contribution in [3.63, 3.8) is 0 Å². The van der Waals surface area contributed by atoms with E-state index in [-0.39, 0.29) is 23.6 Å². The Bertz CT molecular complexity index is 1350. The smallest absolute Gasteiger partial charge is 0.295 e. The highest BCUT2D eigenvalue weighted by atomic mass is 16.6. The van der Waals surface area contributed by atoms with E-state index in [0.717, 1.165) is 5.56 Å². The number of fused-ring (bicyclic) bond motifs is 1. The number of nitro groups is 1. The van der Waals surface area contributed by atoms with Crippen LogP contribution in [0.2, 0.25) is 0 Å². The van der Waals surface area contributed by atoms with Crippen molar-refractivity contribution in [3.8, 4) is 11.5 Å². The maximum atomic E-state index is 13.2. The molecule has 2 aliphatic rings. The van der Waals surface area contributed by atoms with Gasteiger partial charge in [-0.1, -0.05) is 30.3 Å². The van der Waals surface area contributed by atoms with E-state index in [1.54, 1.807) is 18.2 Å². The molecule has 0 saturated carbocycles. The number of Topliss-reactive ketones (excluding diaryl/α,β-unsaturated/α-hetero) is 1. The summed E-state index contributed by atoms with van der Waals surface area (Å²) in [5, 5.41) is 22.4. The molecule has 5 rings (SSSR count). The van der Waals surface area contributed by atoms with Crippen molar-refractivity contribution in [2.75, 3.05) is 13.2 Å². The number of hydrogen-bond acceptors (Lipinski definition) is 7. The summed E-state index contributed by atoms with van der Waals surface area (Å²) in [7, 11) is 0. The van der Waals surface area contributed by atoms with Crippen LogP contribution in [-0.4, -0.2) is 39.8 Å². The van der Waals surface area contributed by atoms with Crippen molar-refractivity contribution in [2.24, 2.45) is 0 Å². The van der Waals surface area contributed by atoms with E-state index in [0.29, 0.717) is 35.8 Å². The monoisotopic (exact) mass is 472 g/mol. The number of rotatable bonds is 5. The molecule has 9 nitrogen and oxygen atoms in total. The minimum atomic E-state index is -0.941. The Morgan fingerprint density at radius 1 is 0.971 bits per heavy atom. The molecule has 1 atom stereocenters. The molecule has 2 heterocycles. The fourth-order valence-corrected chi connectivity index (χ4v) is 4.29. The van der Waals surface area contributed by atoms with Crippen LogP contribution in [0.15, 0.2) is 78.4 Å². The quantitative estimate of drug-likeness (QED) is 0.196. The van der Waals surface area contributed by atoms with Gasteiger partial charge < -0.3 is 19.5 Å². The minimum absolute atomic E-state index is 0.100. The number of amides is 1. The first-order chi connectivity index (χ1) is 16.9. The van der Waals surface area contributed by atoms with Gasteiger partial charge in [-0.25, -0.2) is 0 Å². The number of carbonyl (C=O) groups is 2. The summed E-state index contributed by atoms with van der Waals surface area (Å²) in [5.74, 6) is -1.03. The fourth-order valence-electron chi connectivity index (χ4n) is 4.29. The van der Waals surface area contributed by atoms with Crippen molar-refractivity contribution in [1.82, 2.24) is 4.90 Å². The van der Waals surface area contributed by atoms with E-state index in [1.165, 1.54) is 29.2 Å². The second kappa shape index (κ2) is 8.94. The van der Waals surface area contributed by atoms with Crippen LogP contribution in [0.25, 0.3) is 5.76 Å². The number of carbonyl (C=O) groups excluding carboxylic acids is 2. The molecule has 1 N–H and O–H groups in total. The van der Waals surface area contributed by atoms with Gasteiger partial charge in [0.2, 0.25) is 0 Å². The average molecular weight is 472 g/mol. The summed E-state index contributed by atoms with van der Waals surface area (Å²) >= 11 is 0. The van der Waals surface area contributed by atoms with Crippen LogP contribution in [0.4, 0.5) is 5.69 Å². The molecule has 0 radical (unpaired) electrons. The first kappa shape index (κ1) is 22.1. The Hall–Kier alpha value is -4.66. The van der Waals surface area contributed by atoms with E-state index in [4.69, 9.17) is 9.47 Å². The van der Waals surface area contributed by atoms with Gasteiger partial charge in [-0.2, -0.15) is 0 Å². The summed E-state index contributed by atoms with van der Waals surface area (Å²) in [5.41, 5.74) is 1.32. The maximum absolute atomic E-state index is 13.2. The molecule has 0 bridgehead atoms. The van der Waals surface area contributed by atoms with Crippen LogP contribution in [0.3, 0.4) is 0 Å². The largest absolute Gasteiger partial charge is 0.507 e. The van der Waals surface area contributed by atoms with E-state index in [1.807, 2.05) is 30.3 Å². The van der Waals surface area contributed by atoms with Crippen LogP contribution < -0.4 is 9.47 Å². The SMILES string of the molecule is O=C1C(=O)N(Cc2ccccc2)C(c2ccc([N+](=O)[O-])cc2)/C1=C(/O)c1ccc2c(c1)OCCO2. The first-order valence-corrected chi connectivity index (χ1v) is 10.9. The van der Waals surface area contributed by atoms with Crippen LogP contribution in [0.1, 0.15) is 22.7 Å². The predicted octanol–water partition coefficient (Wildman–Crippen LogP) is 3.99. The molecule has 2 aliphatic heterocycles. The number of hydrogen-bond donors (Lipinski definition) is 1. The number of aliphatic hydroxyl groups is 1. The Labute approximate surface area is 200 Å². The molecule has 1 saturated heterocycles. The molecular formula is C26H20N2O7. The second-order valence-electron chi connectivity index (χ2n) is 8.12. The van der Waals surface area contributed by atoms with E-state index >= 15 is 0 Å². The van der Waals surface area contributed by atoms with Crippen molar-refractivity contribution in [2.45, 2.75) is 12.6 Å². The number of likely N-dealkylation sites (tertiary alicyclic amines) is 1. The Kier molecular flexibility index (Phi) is 5.66. The molecule has 1 unspecified atom stereocenters. The fraction of sp³-hybridized carbons (Fsp3) is 0.154. The highest BCUT2D eigenvalue weighted by Gasteiger charge is 2.46. The maximum Gasteiger partial charge on any atom is 0.295 e. The van der Waals surface area contributed by atoms with Crippen molar-refractivity contribution >= 4 is 23.1 Å². The van der Waals surface area contributed by atoms with E-state index in [2.05, 4.69) is 0 Å². The van der Waals surface area contributed by atoms with E-state index < -0.39 is 22.7 Å². The number of nitrogens with zero attached hydrogens (tertiary/aromatic N) is 2. The van der Waals surface area contributed by atoms with Gasteiger partial charge in [0, 0.05) is 24.2 Å². The third-order valence-corrected chi connectivity index (χ3v) is 5.97. The summed E-state index contributed by atoms with van der Waals surface area (Å²) < 4.78 is 11.1. The molecule has 9 heteroatoms. The molecule has 35 heavy (non-hydrogen) atoms. The average Bonchev–Trinajstić information content (AvgIpc) is 3.13. The highest BCUT2D eigenvalue weighted by Crippen LogP contribution is 2.42. The molecular weight excluding hydrogens is 452 g/mol. The number of aliphatic hydroxyl groups excluding tert-OH is 1. The number of non-ortho nitro benzene ring substituents is 1. The predicted molar refractivity (Wildman–Crippen MR) is 125 cm³/mol. The zero-order chi connectivity index (χ0) is 24.5. The molecule has 3 aromatic rings. The standard InChI is InChI=1S/C26H20N2O7/c29-24(18-8-11-20-21(14-18)35-13-12-34-20)22-23(17-6-9-19(10-7-17)28(32)33)27(26(31)25(22)30)15-16-4-2-1-3-5-16/h1-11,14,23,29H,12-13,15H2/b24-22-. The van der Waals surface area contributed by atoms with Gasteiger partial charge in [-0.05, 0) is 41.5 Å². The minimum Gasteiger partial charge on any atom is -0.507 e. The van der Waals surface area contributed by atoms with Crippen LogP contribution in [-0.2, 0) is 16.1 Å². The van der Waals surface area contributed by atoms with Crippen LogP contribution in [0, 0.1) is 10.1 Å². The number of benzene rings is 3. The van der Waals surface area contributed by atoms with Crippen LogP contribution >= 0.6 is 0 Å². The highest BCUT2D eigenvalue weighted by molar-refractivity contribution is 6.46. The molecule has 0 aliphatic carbocycles. The number of nitro benzene ring substituents is 1. The normalized spacial score (nSPS) is 18.5. The van der Waals surface area contributed by atoms with Crippen molar-refractivity contribution < 1.29 is 29.1 Å². The Morgan fingerprint density at radius 3 is 2.34 bits per heavy atom. The summed E-state index contributed by atoms with van der Waals surface area (Å²) in [6, 6.07) is 18.6. The molecule has 1 amide bonds.